The van der Waals surface area contributed by atoms with Gasteiger partial charge in [-0.3, -0.25) is 9.59 Å². The summed E-state index contributed by atoms with van der Waals surface area (Å²) in [6.45, 7) is -0.609. The molecule has 1 heterocycles. The third-order valence-corrected chi connectivity index (χ3v) is 3.13. The molecule has 2 N–H and O–H groups in total. The Hall–Kier alpha value is -3.33. The zero-order valence-electron chi connectivity index (χ0n) is 13.2. The summed E-state index contributed by atoms with van der Waals surface area (Å²) in [5.74, 6) is -2.64. The van der Waals surface area contributed by atoms with E-state index in [0.29, 0.717) is 16.3 Å². The number of furan rings is 1. The number of carbonyl (C=O) groups excluding carboxylic acids is 3. The maximum absolute atomic E-state index is 11.6. The molecule has 1 aromatic carbocycles. The van der Waals surface area contributed by atoms with Crippen molar-refractivity contribution in [2.45, 2.75) is 6.54 Å². The van der Waals surface area contributed by atoms with Crippen molar-refractivity contribution in [3.8, 4) is 5.75 Å². The topological polar surface area (TPSA) is 133 Å². The minimum atomic E-state index is -1.40. The van der Waals surface area contributed by atoms with Crippen LogP contribution in [0.25, 0.3) is 0 Å². The highest BCUT2D eigenvalue weighted by Crippen LogP contribution is 2.21. The second-order valence-electron chi connectivity index (χ2n) is 4.80. The van der Waals surface area contributed by atoms with Crippen molar-refractivity contribution in [2.75, 3.05) is 6.61 Å². The van der Waals surface area contributed by atoms with E-state index in [1.54, 1.807) is 12.1 Å². The minimum Gasteiger partial charge on any atom is -0.546 e. The number of hydrogen-bond acceptors (Lipinski definition) is 7. The van der Waals surface area contributed by atoms with E-state index in [4.69, 9.17) is 20.8 Å². The lowest BCUT2D eigenvalue weighted by Crippen LogP contribution is -2.37. The first-order valence-corrected chi connectivity index (χ1v) is 7.59. The van der Waals surface area contributed by atoms with Gasteiger partial charge in [0.2, 0.25) is 0 Å². The molecule has 0 aliphatic rings. The number of hydrogen-bond donors (Lipinski definition) is 2. The molecule has 1 aromatic heterocycles. The molecule has 10 heteroatoms. The predicted octanol–water partition coefficient (Wildman–Crippen LogP) is -0.172. The first kappa shape index (κ1) is 19.0. The first-order chi connectivity index (χ1) is 12.5. The van der Waals surface area contributed by atoms with Gasteiger partial charge in [-0.25, -0.2) is 5.43 Å². The molecule has 0 bridgehead atoms. The number of nitrogens with one attached hydrogen (secondary N) is 2. The molecular formula is C16H13ClN3O6-. The van der Waals surface area contributed by atoms with Gasteiger partial charge in [-0.1, -0.05) is 11.6 Å². The Morgan fingerprint density at radius 3 is 2.77 bits per heavy atom. The van der Waals surface area contributed by atoms with Gasteiger partial charge in [-0.05, 0) is 30.3 Å². The molecule has 2 amide bonds. The van der Waals surface area contributed by atoms with Crippen molar-refractivity contribution >= 4 is 35.6 Å². The van der Waals surface area contributed by atoms with Crippen LogP contribution in [0.4, 0.5) is 0 Å². The number of carbonyl (C=O) groups is 3. The number of benzene rings is 1. The SMILES string of the molecule is O=C([O-])COc1ccc(Cl)cc1/C=N\NC(=O)C(=O)NCc1ccco1. The summed E-state index contributed by atoms with van der Waals surface area (Å²) in [7, 11) is 0. The molecule has 9 nitrogen and oxygen atoms in total. The van der Waals surface area contributed by atoms with E-state index < -0.39 is 24.4 Å². The quantitative estimate of drug-likeness (QED) is 0.390. The number of hydrazone groups is 1. The Balaban J connectivity index is 1.92. The van der Waals surface area contributed by atoms with E-state index in [1.807, 2.05) is 5.43 Å². The molecule has 2 aromatic rings. The van der Waals surface area contributed by atoms with Crippen LogP contribution in [0, 0.1) is 0 Å². The minimum absolute atomic E-state index is 0.0540. The van der Waals surface area contributed by atoms with E-state index in [0.717, 1.165) is 6.21 Å². The van der Waals surface area contributed by atoms with Gasteiger partial charge in [-0.2, -0.15) is 5.10 Å². The van der Waals surface area contributed by atoms with Gasteiger partial charge in [0.1, 0.15) is 18.1 Å². The molecule has 2 rings (SSSR count). The highest BCUT2D eigenvalue weighted by atomic mass is 35.5. The summed E-state index contributed by atoms with van der Waals surface area (Å²) < 4.78 is 10.0. The molecule has 0 aliphatic heterocycles. The van der Waals surface area contributed by atoms with E-state index >= 15 is 0 Å². The summed E-state index contributed by atoms with van der Waals surface area (Å²) >= 11 is 5.86. The van der Waals surface area contributed by atoms with Crippen molar-refractivity contribution in [1.29, 1.82) is 0 Å². The summed E-state index contributed by atoms with van der Waals surface area (Å²) in [5, 5.41) is 16.8. The normalized spacial score (nSPS) is 10.5. The molecule has 0 saturated carbocycles. The predicted molar refractivity (Wildman–Crippen MR) is 88.2 cm³/mol. The van der Waals surface area contributed by atoms with Gasteiger partial charge >= 0.3 is 11.8 Å². The fourth-order valence-electron chi connectivity index (χ4n) is 1.76. The molecule has 0 saturated heterocycles. The number of carboxylic acid groups (broad SMARTS) is 1. The highest BCUT2D eigenvalue weighted by molar-refractivity contribution is 6.35. The second-order valence-corrected chi connectivity index (χ2v) is 5.24. The Kier molecular flexibility index (Phi) is 6.75. The van der Waals surface area contributed by atoms with Crippen molar-refractivity contribution in [1.82, 2.24) is 10.7 Å². The number of carboxylic acids is 1. The first-order valence-electron chi connectivity index (χ1n) is 7.21. The van der Waals surface area contributed by atoms with Gasteiger partial charge in [-0.15, -0.1) is 0 Å². The van der Waals surface area contributed by atoms with E-state index in [9.17, 15) is 19.5 Å². The van der Waals surface area contributed by atoms with Crippen LogP contribution in [0.1, 0.15) is 11.3 Å². The van der Waals surface area contributed by atoms with Crippen LogP contribution >= 0.6 is 11.6 Å². The maximum atomic E-state index is 11.6. The molecule has 0 spiro atoms. The van der Waals surface area contributed by atoms with Crippen LogP contribution in [-0.2, 0) is 20.9 Å². The standard InChI is InChI=1S/C16H14ClN3O6/c17-11-3-4-13(26-9-14(21)22)10(6-11)7-19-20-16(24)15(23)18-8-12-2-1-5-25-12/h1-7H,8-9H2,(H,18,23)(H,20,24)(H,21,22)/p-1/b19-7-. The molecule has 0 radical (unpaired) electrons. The van der Waals surface area contributed by atoms with Crippen molar-refractivity contribution in [3.05, 3.63) is 52.9 Å². The van der Waals surface area contributed by atoms with Crippen LogP contribution in [0.2, 0.25) is 5.02 Å². The fourth-order valence-corrected chi connectivity index (χ4v) is 1.94. The summed E-state index contributed by atoms with van der Waals surface area (Å²) in [6.07, 6.45) is 2.60. The van der Waals surface area contributed by atoms with Gasteiger partial charge in [0, 0.05) is 10.6 Å². The van der Waals surface area contributed by atoms with E-state index in [-0.39, 0.29) is 12.3 Å². The number of ether oxygens (including phenoxy) is 1. The third-order valence-electron chi connectivity index (χ3n) is 2.90. The number of amides is 2. The number of halogens is 1. The van der Waals surface area contributed by atoms with Crippen LogP contribution in [0.5, 0.6) is 5.75 Å². The Morgan fingerprint density at radius 1 is 1.27 bits per heavy atom. The van der Waals surface area contributed by atoms with Crippen molar-refractivity contribution in [3.63, 3.8) is 0 Å². The monoisotopic (exact) mass is 378 g/mol. The van der Waals surface area contributed by atoms with Gasteiger partial charge in [0.25, 0.3) is 0 Å². The maximum Gasteiger partial charge on any atom is 0.329 e. The van der Waals surface area contributed by atoms with Gasteiger partial charge in [0.15, 0.2) is 0 Å². The largest absolute Gasteiger partial charge is 0.546 e. The van der Waals surface area contributed by atoms with E-state index in [1.165, 1.54) is 24.5 Å². The summed E-state index contributed by atoms with van der Waals surface area (Å²) in [4.78, 5) is 33.7. The lowest BCUT2D eigenvalue weighted by Gasteiger charge is -2.09. The third kappa shape index (κ3) is 5.95. The molecule has 0 aliphatic carbocycles. The Morgan fingerprint density at radius 2 is 2.08 bits per heavy atom. The smallest absolute Gasteiger partial charge is 0.329 e. The number of aliphatic carboxylic acids is 1. The molecule has 0 atom stereocenters. The highest BCUT2D eigenvalue weighted by Gasteiger charge is 2.12. The van der Waals surface area contributed by atoms with Crippen LogP contribution in [-0.4, -0.2) is 30.6 Å². The van der Waals surface area contributed by atoms with Crippen molar-refractivity contribution in [2.24, 2.45) is 5.10 Å². The lowest BCUT2D eigenvalue weighted by molar-refractivity contribution is -0.307. The van der Waals surface area contributed by atoms with E-state index in [2.05, 4.69) is 10.4 Å². The number of rotatable bonds is 7. The van der Waals surface area contributed by atoms with Gasteiger partial charge in [0.05, 0.1) is 25.0 Å². The average molecular weight is 379 g/mol. The summed E-state index contributed by atoms with van der Waals surface area (Å²) in [5.41, 5.74) is 2.33. The molecular weight excluding hydrogens is 366 g/mol. The Bertz CT molecular complexity index is 819. The lowest BCUT2D eigenvalue weighted by atomic mass is 10.2. The zero-order valence-corrected chi connectivity index (χ0v) is 14.0. The van der Waals surface area contributed by atoms with Crippen LogP contribution < -0.4 is 20.6 Å². The molecule has 0 fully saturated rings. The summed E-state index contributed by atoms with van der Waals surface area (Å²) in [6, 6.07) is 7.66. The van der Waals surface area contributed by atoms with Crippen molar-refractivity contribution < 1.29 is 28.6 Å². The zero-order chi connectivity index (χ0) is 18.9. The Labute approximate surface area is 152 Å². The van der Waals surface area contributed by atoms with Crippen LogP contribution in [0.15, 0.2) is 46.1 Å². The fraction of sp³-hybridized carbons (Fsp3) is 0.125. The number of nitrogens with zero attached hydrogens (tertiary/aromatic N) is 1. The molecule has 136 valence electrons. The average Bonchev–Trinajstić information content (AvgIpc) is 3.12. The molecule has 0 unspecified atom stereocenters. The second kappa shape index (κ2) is 9.23. The van der Waals surface area contributed by atoms with Gasteiger partial charge < -0.3 is 24.4 Å². The van der Waals surface area contributed by atoms with Crippen LogP contribution in [0.3, 0.4) is 0 Å². The molecule has 26 heavy (non-hydrogen) atoms.